The molecule has 3 nitrogen and oxygen atoms in total. The van der Waals surface area contributed by atoms with E-state index in [1.54, 1.807) is 6.07 Å². The molecule has 0 aliphatic carbocycles. The van der Waals surface area contributed by atoms with Crippen molar-refractivity contribution in [2.45, 2.75) is 0 Å². The van der Waals surface area contributed by atoms with Gasteiger partial charge in [0.1, 0.15) is 11.8 Å². The molecule has 1 aromatic heterocycles. The second-order valence-electron chi connectivity index (χ2n) is 1.54. The van der Waals surface area contributed by atoms with Crippen molar-refractivity contribution < 1.29 is 11.6 Å². The van der Waals surface area contributed by atoms with Crippen LogP contribution < -0.4 is 4.74 Å². The van der Waals surface area contributed by atoms with Crippen LogP contribution in [0.1, 0.15) is 12.5 Å². The molecule has 0 aliphatic rings. The van der Waals surface area contributed by atoms with Gasteiger partial charge in [-0.3, -0.25) is 0 Å². The van der Waals surface area contributed by atoms with Gasteiger partial charge in [0.05, 0.1) is 13.9 Å². The third kappa shape index (κ3) is 1.92. The molecule has 11 heavy (non-hydrogen) atoms. The summed E-state index contributed by atoms with van der Waals surface area (Å²) in [6, 6.07) is 0.966. The van der Waals surface area contributed by atoms with E-state index in [-0.39, 0.29) is 22.3 Å². The molecule has 0 amide bonds. The van der Waals surface area contributed by atoms with Gasteiger partial charge in [0.15, 0.2) is 0 Å². The monoisotopic (exact) mass is 217 g/mol. The lowest BCUT2D eigenvalue weighted by molar-refractivity contribution is 0.397. The van der Waals surface area contributed by atoms with E-state index in [1.807, 2.05) is 0 Å². The van der Waals surface area contributed by atoms with Crippen molar-refractivity contribution in [1.82, 2.24) is 4.98 Å². The van der Waals surface area contributed by atoms with E-state index in [0.29, 0.717) is 0 Å². The molecule has 0 fully saturated rings. The Labute approximate surface area is 79.8 Å². The van der Waals surface area contributed by atoms with Gasteiger partial charge in [0, 0.05) is 10.5 Å². The molecule has 56 valence electrons. The molecule has 1 aromatic rings. The molecule has 0 bridgehead atoms. The summed E-state index contributed by atoms with van der Waals surface area (Å²) in [7, 11) is -2.75. The Morgan fingerprint density at radius 1 is 1.91 bits per heavy atom. The predicted octanol–water partition coefficient (Wildman–Crippen LogP) is 1.72. The Hall–Kier alpha value is -1.08. The van der Waals surface area contributed by atoms with Gasteiger partial charge in [-0.15, -0.1) is 0 Å². The van der Waals surface area contributed by atoms with Crippen LogP contribution in [0.2, 0.25) is 0 Å². The van der Waals surface area contributed by atoms with Crippen LogP contribution in [0.3, 0.4) is 0 Å². The maximum Gasteiger partial charge on any atom is 0.215 e. The van der Waals surface area contributed by atoms with E-state index in [1.165, 1.54) is 0 Å². The van der Waals surface area contributed by atoms with Crippen LogP contribution >= 0.6 is 15.9 Å². The summed E-state index contributed by atoms with van der Waals surface area (Å²) in [4.78, 5) is 3.49. The molecule has 0 N–H and O–H groups in total. The van der Waals surface area contributed by atoms with E-state index in [9.17, 15) is 0 Å². The first-order valence-corrected chi connectivity index (χ1v) is 3.31. The van der Waals surface area contributed by atoms with Crippen molar-refractivity contribution in [1.29, 1.82) is 5.26 Å². The number of aromatic nitrogens is 1. The standard InChI is InChI=1S/C7H5BrN2O/c1-11-7-3-5(8)2-6(4-9)10-7/h2-3H,1H3/i1D3,2D,3D. The van der Waals surface area contributed by atoms with Crippen molar-refractivity contribution in [2.75, 3.05) is 7.04 Å². The Kier molecular flexibility index (Phi) is 1.08. The summed E-state index contributed by atoms with van der Waals surface area (Å²) in [6.45, 7) is 0. The summed E-state index contributed by atoms with van der Waals surface area (Å²) in [5.74, 6) is -0.501. The van der Waals surface area contributed by atoms with Gasteiger partial charge in [0.25, 0.3) is 0 Å². The molecule has 0 unspecified atom stereocenters. The maximum atomic E-state index is 8.65. The molecular weight excluding hydrogens is 208 g/mol. The average Bonchev–Trinajstić information content (AvgIpc) is 2.17. The van der Waals surface area contributed by atoms with Crippen LogP contribution in [0.15, 0.2) is 16.6 Å². The Balaban J connectivity index is 3.32. The van der Waals surface area contributed by atoms with E-state index in [2.05, 4.69) is 25.7 Å². The largest absolute Gasteiger partial charge is 0.481 e. The summed E-state index contributed by atoms with van der Waals surface area (Å²) in [5, 5.41) is 8.65. The van der Waals surface area contributed by atoms with Crippen molar-refractivity contribution in [3.63, 3.8) is 0 Å². The smallest absolute Gasteiger partial charge is 0.215 e. The zero-order chi connectivity index (χ0) is 12.5. The first-order valence-electron chi connectivity index (χ1n) is 5.02. The first-order chi connectivity index (χ1) is 7.26. The molecule has 0 spiro atoms. The molecule has 4 heteroatoms. The van der Waals surface area contributed by atoms with E-state index >= 15 is 0 Å². The molecule has 0 aliphatic heterocycles. The average molecular weight is 218 g/mol. The van der Waals surface area contributed by atoms with Gasteiger partial charge in [-0.05, 0) is 6.04 Å². The number of pyridine rings is 1. The highest BCUT2D eigenvalue weighted by atomic mass is 79.9. The normalized spacial score (nSPS) is 16.5. The number of hydrogen-bond donors (Lipinski definition) is 0. The minimum Gasteiger partial charge on any atom is -0.481 e. The zero-order valence-electron chi connectivity index (χ0n) is 10.2. The second kappa shape index (κ2) is 3.35. The number of methoxy groups -OCH3 is 1. The van der Waals surface area contributed by atoms with Gasteiger partial charge < -0.3 is 4.74 Å². The Morgan fingerprint density at radius 3 is 3.36 bits per heavy atom. The predicted molar refractivity (Wildman–Crippen MR) is 43.2 cm³/mol. The van der Waals surface area contributed by atoms with Crippen molar-refractivity contribution in [2.24, 2.45) is 0 Å². The molecule has 0 radical (unpaired) electrons. The Bertz CT molecular complexity index is 467. The molecule has 0 atom stereocenters. The third-order valence-electron chi connectivity index (χ3n) is 0.861. The summed E-state index contributed by atoms with van der Waals surface area (Å²) < 4.78 is 39.9. The minimum absolute atomic E-state index is 0.0294. The zero-order valence-corrected chi connectivity index (χ0v) is 6.77. The summed E-state index contributed by atoms with van der Waals surface area (Å²) >= 11 is 2.90. The lowest BCUT2D eigenvalue weighted by atomic mass is 10.4. The lowest BCUT2D eigenvalue weighted by Crippen LogP contribution is -1.89. The highest BCUT2D eigenvalue weighted by Gasteiger charge is 1.98. The van der Waals surface area contributed by atoms with E-state index < -0.39 is 12.9 Å². The van der Waals surface area contributed by atoms with Gasteiger partial charge in [-0.25, -0.2) is 4.98 Å². The molecule has 1 rings (SSSR count). The first kappa shape index (κ1) is 3.55. The van der Waals surface area contributed by atoms with E-state index in [4.69, 9.17) is 12.1 Å². The molecule has 0 saturated carbocycles. The highest BCUT2D eigenvalue weighted by Crippen LogP contribution is 2.16. The van der Waals surface area contributed by atoms with E-state index in [0.717, 1.165) is 0 Å². The number of halogens is 1. The minimum atomic E-state index is -2.75. The van der Waals surface area contributed by atoms with Crippen LogP contribution in [0, 0.1) is 11.3 Å². The van der Waals surface area contributed by atoms with Crippen molar-refractivity contribution >= 4 is 15.9 Å². The van der Waals surface area contributed by atoms with Crippen LogP contribution in [0.5, 0.6) is 5.88 Å². The van der Waals surface area contributed by atoms with Crippen LogP contribution in [0.25, 0.3) is 0 Å². The number of hydrogen-bond acceptors (Lipinski definition) is 3. The van der Waals surface area contributed by atoms with Crippen molar-refractivity contribution in [3.05, 3.63) is 22.3 Å². The molecule has 1 heterocycles. The fraction of sp³-hybridized carbons (Fsp3) is 0.143. The summed E-state index contributed by atoms with van der Waals surface area (Å²) in [5.41, 5.74) is -0.304. The molecule has 0 saturated heterocycles. The fourth-order valence-corrected chi connectivity index (χ4v) is 0.845. The second-order valence-corrected chi connectivity index (χ2v) is 2.34. The van der Waals surface area contributed by atoms with Crippen molar-refractivity contribution in [3.8, 4) is 11.9 Å². The number of nitrogens with zero attached hydrogens (tertiary/aromatic N) is 2. The molecular formula is C7H5BrN2O. The topological polar surface area (TPSA) is 45.9 Å². The highest BCUT2D eigenvalue weighted by molar-refractivity contribution is 9.10. The van der Waals surface area contributed by atoms with Gasteiger partial charge in [-0.2, -0.15) is 5.26 Å². The van der Waals surface area contributed by atoms with Crippen LogP contribution in [-0.2, 0) is 0 Å². The third-order valence-corrected chi connectivity index (χ3v) is 1.26. The Morgan fingerprint density at radius 2 is 2.73 bits per heavy atom. The van der Waals surface area contributed by atoms with Crippen LogP contribution in [0.4, 0.5) is 0 Å². The summed E-state index contributed by atoms with van der Waals surface area (Å²) in [6.07, 6.45) is 0. The molecule has 0 aromatic carbocycles. The number of nitriles is 1. The van der Waals surface area contributed by atoms with Crippen LogP contribution in [-0.4, -0.2) is 12.0 Å². The maximum absolute atomic E-state index is 8.65. The number of ether oxygens (including phenoxy) is 1. The quantitative estimate of drug-likeness (QED) is 0.720. The van der Waals surface area contributed by atoms with Gasteiger partial charge in [0.2, 0.25) is 5.88 Å². The number of rotatable bonds is 1. The lowest BCUT2D eigenvalue weighted by Gasteiger charge is -1.98. The van der Waals surface area contributed by atoms with Gasteiger partial charge >= 0.3 is 0 Å². The SMILES string of the molecule is [2H]c1c(C#N)nc(OC([2H])([2H])[2H])c([2H])c1Br. The van der Waals surface area contributed by atoms with Gasteiger partial charge in [-0.1, -0.05) is 15.9 Å². The fourth-order valence-electron chi connectivity index (χ4n) is 0.488.